The summed E-state index contributed by atoms with van der Waals surface area (Å²) in [7, 11) is 1.67. The molecule has 2 saturated carbocycles. The van der Waals surface area contributed by atoms with Crippen LogP contribution in [0.15, 0.2) is 11.6 Å². The van der Waals surface area contributed by atoms with Gasteiger partial charge >= 0.3 is 0 Å². The predicted molar refractivity (Wildman–Crippen MR) is 145 cm³/mol. The summed E-state index contributed by atoms with van der Waals surface area (Å²) in [6, 6.07) is 0. The summed E-state index contributed by atoms with van der Waals surface area (Å²) in [6.45, 7) is 16.6. The van der Waals surface area contributed by atoms with Gasteiger partial charge in [-0.3, -0.25) is 4.79 Å². The molecule has 2 aliphatic rings. The second kappa shape index (κ2) is 13.2. The molecule has 0 saturated heterocycles. The Morgan fingerprint density at radius 2 is 1.91 bits per heavy atom. The van der Waals surface area contributed by atoms with Gasteiger partial charge in [-0.15, -0.1) is 0 Å². The maximum Gasteiger partial charge on any atom is 0.147 e. The minimum atomic E-state index is -0.236. The molecule has 0 spiro atoms. The highest BCUT2D eigenvalue weighted by atomic mass is 16.7. The van der Waals surface area contributed by atoms with Gasteiger partial charge in [-0.2, -0.15) is 0 Å². The molecule has 0 aliphatic heterocycles. The summed E-state index contributed by atoms with van der Waals surface area (Å²) in [5.41, 5.74) is 1.29. The van der Waals surface area contributed by atoms with E-state index in [2.05, 4.69) is 54.5 Å². The number of hydrogen-bond donors (Lipinski definition) is 1. The zero-order chi connectivity index (χ0) is 26.3. The van der Waals surface area contributed by atoms with E-state index in [0.717, 1.165) is 44.9 Å². The number of aliphatic hydroxyl groups is 1. The van der Waals surface area contributed by atoms with E-state index >= 15 is 0 Å². The van der Waals surface area contributed by atoms with Crippen LogP contribution < -0.4 is 0 Å². The summed E-state index contributed by atoms with van der Waals surface area (Å²) in [5.74, 6) is 2.07. The highest BCUT2D eigenvalue weighted by molar-refractivity contribution is 5.91. The average Bonchev–Trinajstić information content (AvgIpc) is 3.44. The standard InChI is InChI=1S/C31H56O4/c1-9-12-24(18-26(21-32)31-20-25(31)15-16-28(31)33)27(13-10-2)29(4,5)19-23(3)14-11-17-30(6,7)35-22-34-8/h18,23,25-27,32H,9-17,19-22H2,1-8H3/b24-18+/t23-,25-,26+,27+,31+/m1/s1. The number of allylic oxidation sites excluding steroid dienone is 1. The Labute approximate surface area is 216 Å². The van der Waals surface area contributed by atoms with Crippen molar-refractivity contribution in [2.24, 2.45) is 34.5 Å². The minimum Gasteiger partial charge on any atom is -0.396 e. The molecular weight excluding hydrogens is 436 g/mol. The molecule has 0 aromatic carbocycles. The second-order valence-corrected chi connectivity index (χ2v) is 13.0. The molecule has 0 amide bonds. The molecule has 204 valence electrons. The van der Waals surface area contributed by atoms with Crippen LogP contribution in [0.3, 0.4) is 0 Å². The lowest BCUT2D eigenvalue weighted by Crippen LogP contribution is -2.31. The van der Waals surface area contributed by atoms with E-state index in [0.29, 0.717) is 36.8 Å². The molecule has 0 radical (unpaired) electrons. The molecule has 5 atom stereocenters. The van der Waals surface area contributed by atoms with E-state index in [1.807, 2.05) is 0 Å². The van der Waals surface area contributed by atoms with Gasteiger partial charge in [0.2, 0.25) is 0 Å². The number of carbonyl (C=O) groups is 1. The van der Waals surface area contributed by atoms with Crippen molar-refractivity contribution in [1.29, 1.82) is 0 Å². The van der Waals surface area contributed by atoms with Crippen LogP contribution in [-0.2, 0) is 14.3 Å². The van der Waals surface area contributed by atoms with Gasteiger partial charge in [0.1, 0.15) is 12.6 Å². The van der Waals surface area contributed by atoms with E-state index in [1.165, 1.54) is 24.8 Å². The fourth-order valence-corrected chi connectivity index (χ4v) is 7.21. The molecule has 2 aliphatic carbocycles. The summed E-state index contributed by atoms with van der Waals surface area (Å²) in [4.78, 5) is 12.8. The zero-order valence-corrected chi connectivity index (χ0v) is 24.3. The van der Waals surface area contributed by atoms with E-state index in [4.69, 9.17) is 9.47 Å². The molecule has 0 aromatic heterocycles. The number of rotatable bonds is 18. The lowest BCUT2D eigenvalue weighted by molar-refractivity contribution is -0.124. The van der Waals surface area contributed by atoms with Crippen LogP contribution in [0.25, 0.3) is 0 Å². The Morgan fingerprint density at radius 1 is 1.20 bits per heavy atom. The molecule has 2 rings (SSSR count). The van der Waals surface area contributed by atoms with Crippen LogP contribution in [0, 0.1) is 34.5 Å². The summed E-state index contributed by atoms with van der Waals surface area (Å²) >= 11 is 0. The third kappa shape index (κ3) is 7.89. The largest absolute Gasteiger partial charge is 0.396 e. The van der Waals surface area contributed by atoms with Crippen molar-refractivity contribution in [3.63, 3.8) is 0 Å². The number of ether oxygens (including phenoxy) is 2. The van der Waals surface area contributed by atoms with Crippen molar-refractivity contribution in [2.45, 2.75) is 125 Å². The van der Waals surface area contributed by atoms with Crippen LogP contribution in [0.5, 0.6) is 0 Å². The normalized spacial score (nSPS) is 25.5. The van der Waals surface area contributed by atoms with Crippen LogP contribution >= 0.6 is 0 Å². The first-order valence-electron chi connectivity index (χ1n) is 14.4. The van der Waals surface area contributed by atoms with Gasteiger partial charge in [0.15, 0.2) is 0 Å². The third-order valence-electron chi connectivity index (χ3n) is 9.09. The molecule has 4 heteroatoms. The molecule has 0 heterocycles. The van der Waals surface area contributed by atoms with Crippen molar-refractivity contribution in [2.75, 3.05) is 20.5 Å². The number of Topliss-reactive ketones (excluding diaryl/α,β-unsaturated/α-hetero) is 1. The van der Waals surface area contributed by atoms with Crippen molar-refractivity contribution < 1.29 is 19.4 Å². The SMILES string of the molecule is CCC/C(=C\[C@@H](CO)[C@]12C[C@H]1CCC2=O)[C@H](CCC)C(C)(C)C[C@H](C)CCCC(C)(C)OCOC. The van der Waals surface area contributed by atoms with Crippen LogP contribution in [0.1, 0.15) is 119 Å². The van der Waals surface area contributed by atoms with Crippen molar-refractivity contribution in [3.8, 4) is 0 Å². The Hall–Kier alpha value is -0.710. The maximum atomic E-state index is 12.8. The van der Waals surface area contributed by atoms with Crippen molar-refractivity contribution in [3.05, 3.63) is 11.6 Å². The Morgan fingerprint density at radius 3 is 2.43 bits per heavy atom. The highest BCUT2D eigenvalue weighted by Crippen LogP contribution is 2.66. The molecule has 4 nitrogen and oxygen atoms in total. The van der Waals surface area contributed by atoms with Gasteiger partial charge in [0, 0.05) is 24.9 Å². The molecule has 1 N–H and O–H groups in total. The van der Waals surface area contributed by atoms with Gasteiger partial charge < -0.3 is 14.6 Å². The summed E-state index contributed by atoms with van der Waals surface area (Å²) < 4.78 is 10.9. The minimum absolute atomic E-state index is 0.00552. The topological polar surface area (TPSA) is 55.8 Å². The lowest BCUT2D eigenvalue weighted by atomic mass is 9.66. The number of methoxy groups -OCH3 is 1. The van der Waals surface area contributed by atoms with Gasteiger partial charge in [-0.25, -0.2) is 0 Å². The Balaban J connectivity index is 2.11. The second-order valence-electron chi connectivity index (χ2n) is 13.0. The molecule has 0 bridgehead atoms. The predicted octanol–water partition coefficient (Wildman–Crippen LogP) is 7.73. The van der Waals surface area contributed by atoms with E-state index in [-0.39, 0.29) is 29.0 Å². The first-order valence-corrected chi connectivity index (χ1v) is 14.4. The molecular formula is C31H56O4. The summed E-state index contributed by atoms with van der Waals surface area (Å²) in [6.07, 6.45) is 14.2. The fourth-order valence-electron chi connectivity index (χ4n) is 7.21. The molecule has 0 unspecified atom stereocenters. The van der Waals surface area contributed by atoms with Crippen molar-refractivity contribution in [1.82, 2.24) is 0 Å². The smallest absolute Gasteiger partial charge is 0.147 e. The summed E-state index contributed by atoms with van der Waals surface area (Å²) in [5, 5.41) is 10.4. The first-order chi connectivity index (χ1) is 16.5. The van der Waals surface area contributed by atoms with Crippen LogP contribution in [0.2, 0.25) is 0 Å². The molecule has 2 fully saturated rings. The number of ketones is 1. The van der Waals surface area contributed by atoms with Gasteiger partial charge in [-0.1, -0.05) is 72.0 Å². The number of fused-ring (bicyclic) bond motifs is 1. The molecule has 35 heavy (non-hydrogen) atoms. The quantitative estimate of drug-likeness (QED) is 0.157. The van der Waals surface area contributed by atoms with Crippen LogP contribution in [0.4, 0.5) is 0 Å². The highest BCUT2D eigenvalue weighted by Gasteiger charge is 2.65. The van der Waals surface area contributed by atoms with Crippen LogP contribution in [-0.4, -0.2) is 37.0 Å². The van der Waals surface area contributed by atoms with Gasteiger partial charge in [0.25, 0.3) is 0 Å². The third-order valence-corrected chi connectivity index (χ3v) is 9.09. The number of hydrogen-bond acceptors (Lipinski definition) is 4. The Bertz CT molecular complexity index is 694. The number of aliphatic hydroxyl groups excluding tert-OH is 1. The van der Waals surface area contributed by atoms with E-state index in [9.17, 15) is 9.90 Å². The maximum absolute atomic E-state index is 12.8. The first kappa shape index (κ1) is 30.5. The van der Waals surface area contributed by atoms with Gasteiger partial charge in [-0.05, 0) is 75.5 Å². The zero-order valence-electron chi connectivity index (χ0n) is 24.3. The van der Waals surface area contributed by atoms with E-state index in [1.54, 1.807) is 7.11 Å². The van der Waals surface area contributed by atoms with E-state index < -0.39 is 0 Å². The monoisotopic (exact) mass is 492 g/mol. The van der Waals surface area contributed by atoms with Crippen molar-refractivity contribution >= 4 is 5.78 Å². The number of carbonyl (C=O) groups excluding carboxylic acids is 1. The Kier molecular flexibility index (Phi) is 11.5. The fraction of sp³-hybridized carbons (Fsp3) is 0.903. The van der Waals surface area contributed by atoms with Gasteiger partial charge in [0.05, 0.1) is 12.2 Å². The lowest BCUT2D eigenvalue weighted by Gasteiger charge is -2.39. The molecule has 0 aromatic rings. The average molecular weight is 493 g/mol.